The van der Waals surface area contributed by atoms with Crippen LogP contribution in [0.1, 0.15) is 28.1 Å². The second-order valence-electron chi connectivity index (χ2n) is 4.90. The standard InChI is InChI=1S/C16H19N3O2S/c1-11-6-7-12(18-16(21)14-4-3-9-22-14)10-13(11)19-15(20)5-2-8-17/h3-4,6-7,9-10H,2,5,8,17H2,1H3,(H,18,21)(H,19,20). The van der Waals surface area contributed by atoms with Crippen LogP contribution in [0.4, 0.5) is 11.4 Å². The second kappa shape index (κ2) is 7.72. The summed E-state index contributed by atoms with van der Waals surface area (Å²) in [7, 11) is 0. The maximum atomic E-state index is 12.0. The lowest BCUT2D eigenvalue weighted by molar-refractivity contribution is -0.116. The highest BCUT2D eigenvalue weighted by molar-refractivity contribution is 7.12. The van der Waals surface area contributed by atoms with Gasteiger partial charge in [0.1, 0.15) is 0 Å². The summed E-state index contributed by atoms with van der Waals surface area (Å²) in [6.45, 7) is 2.40. The zero-order valence-corrected chi connectivity index (χ0v) is 13.2. The number of carbonyl (C=O) groups excluding carboxylic acids is 2. The van der Waals surface area contributed by atoms with Crippen LogP contribution in [0.3, 0.4) is 0 Å². The van der Waals surface area contributed by atoms with Crippen LogP contribution >= 0.6 is 11.3 Å². The number of benzene rings is 1. The summed E-state index contributed by atoms with van der Waals surface area (Å²) in [6, 6.07) is 9.04. The van der Waals surface area contributed by atoms with Crippen LogP contribution in [-0.2, 0) is 4.79 Å². The van der Waals surface area contributed by atoms with Gasteiger partial charge in [-0.05, 0) is 49.0 Å². The van der Waals surface area contributed by atoms with Crippen molar-refractivity contribution in [3.63, 3.8) is 0 Å². The van der Waals surface area contributed by atoms with Gasteiger partial charge < -0.3 is 16.4 Å². The Balaban J connectivity index is 2.06. The Bertz CT molecular complexity index is 653. The quantitative estimate of drug-likeness (QED) is 0.766. The van der Waals surface area contributed by atoms with Crippen LogP contribution in [0.5, 0.6) is 0 Å². The van der Waals surface area contributed by atoms with Gasteiger partial charge in [0, 0.05) is 17.8 Å². The minimum Gasteiger partial charge on any atom is -0.330 e. The Morgan fingerprint density at radius 3 is 2.73 bits per heavy atom. The number of rotatable bonds is 6. The lowest BCUT2D eigenvalue weighted by Gasteiger charge is -2.11. The Morgan fingerprint density at radius 1 is 1.23 bits per heavy atom. The number of hydrogen-bond donors (Lipinski definition) is 3. The molecule has 2 amide bonds. The van der Waals surface area contributed by atoms with Gasteiger partial charge in [-0.2, -0.15) is 0 Å². The molecule has 0 saturated carbocycles. The molecule has 2 rings (SSSR count). The number of nitrogens with two attached hydrogens (primary N) is 1. The summed E-state index contributed by atoms with van der Waals surface area (Å²) < 4.78 is 0. The molecule has 0 unspecified atom stereocenters. The highest BCUT2D eigenvalue weighted by atomic mass is 32.1. The van der Waals surface area contributed by atoms with E-state index >= 15 is 0 Å². The maximum absolute atomic E-state index is 12.0. The minimum absolute atomic E-state index is 0.0738. The summed E-state index contributed by atoms with van der Waals surface area (Å²) in [5, 5.41) is 7.53. The van der Waals surface area contributed by atoms with Crippen molar-refractivity contribution in [2.75, 3.05) is 17.2 Å². The van der Waals surface area contributed by atoms with Crippen molar-refractivity contribution in [3.05, 3.63) is 46.2 Å². The van der Waals surface area contributed by atoms with E-state index in [9.17, 15) is 9.59 Å². The fraction of sp³-hybridized carbons (Fsp3) is 0.250. The molecular formula is C16H19N3O2S. The number of anilines is 2. The molecule has 1 aromatic heterocycles. The smallest absolute Gasteiger partial charge is 0.265 e. The first-order valence-corrected chi connectivity index (χ1v) is 7.93. The summed E-state index contributed by atoms with van der Waals surface area (Å²) in [5.41, 5.74) is 7.69. The molecule has 22 heavy (non-hydrogen) atoms. The van der Waals surface area contributed by atoms with Gasteiger partial charge in [0.05, 0.1) is 4.88 Å². The van der Waals surface area contributed by atoms with Crippen molar-refractivity contribution < 1.29 is 9.59 Å². The van der Waals surface area contributed by atoms with E-state index in [-0.39, 0.29) is 11.8 Å². The van der Waals surface area contributed by atoms with Crippen molar-refractivity contribution >= 4 is 34.5 Å². The number of nitrogens with one attached hydrogen (secondary N) is 2. The third-order valence-corrected chi connectivity index (χ3v) is 3.99. The number of thiophene rings is 1. The van der Waals surface area contributed by atoms with Crippen LogP contribution in [-0.4, -0.2) is 18.4 Å². The third kappa shape index (κ3) is 4.41. The molecule has 0 saturated heterocycles. The topological polar surface area (TPSA) is 84.2 Å². The molecule has 0 aliphatic heterocycles. The summed E-state index contributed by atoms with van der Waals surface area (Å²) in [6.07, 6.45) is 1.04. The van der Waals surface area contributed by atoms with Gasteiger partial charge in [0.2, 0.25) is 5.91 Å². The molecule has 6 heteroatoms. The van der Waals surface area contributed by atoms with Crippen molar-refractivity contribution in [1.29, 1.82) is 0 Å². The molecule has 0 aliphatic carbocycles. The van der Waals surface area contributed by atoms with E-state index in [4.69, 9.17) is 5.73 Å². The Morgan fingerprint density at radius 2 is 2.05 bits per heavy atom. The molecule has 2 aromatic rings. The fourth-order valence-electron chi connectivity index (χ4n) is 1.91. The predicted molar refractivity (Wildman–Crippen MR) is 90.4 cm³/mol. The van der Waals surface area contributed by atoms with E-state index in [2.05, 4.69) is 10.6 Å². The van der Waals surface area contributed by atoms with Gasteiger partial charge in [-0.15, -0.1) is 11.3 Å². The highest BCUT2D eigenvalue weighted by Gasteiger charge is 2.09. The van der Waals surface area contributed by atoms with Crippen LogP contribution in [0.25, 0.3) is 0 Å². The molecule has 0 spiro atoms. The summed E-state index contributed by atoms with van der Waals surface area (Å²) in [4.78, 5) is 24.5. The number of amides is 2. The van der Waals surface area contributed by atoms with Gasteiger partial charge in [-0.25, -0.2) is 0 Å². The lowest BCUT2D eigenvalue weighted by Crippen LogP contribution is -2.15. The Labute approximate surface area is 133 Å². The van der Waals surface area contributed by atoms with Crippen molar-refractivity contribution in [2.45, 2.75) is 19.8 Å². The van der Waals surface area contributed by atoms with Crippen LogP contribution in [0.2, 0.25) is 0 Å². The van der Waals surface area contributed by atoms with E-state index in [1.165, 1.54) is 11.3 Å². The maximum Gasteiger partial charge on any atom is 0.265 e. The second-order valence-corrected chi connectivity index (χ2v) is 5.85. The minimum atomic E-state index is -0.153. The third-order valence-electron chi connectivity index (χ3n) is 3.12. The first-order chi connectivity index (χ1) is 10.6. The molecule has 4 N–H and O–H groups in total. The summed E-state index contributed by atoms with van der Waals surface area (Å²) >= 11 is 1.38. The SMILES string of the molecule is Cc1ccc(NC(=O)c2cccs2)cc1NC(=O)CCCN. The van der Waals surface area contributed by atoms with Crippen molar-refractivity contribution in [2.24, 2.45) is 5.73 Å². The van der Waals surface area contributed by atoms with Gasteiger partial charge in [-0.3, -0.25) is 9.59 Å². The van der Waals surface area contributed by atoms with E-state index < -0.39 is 0 Å². The van der Waals surface area contributed by atoms with Crippen LogP contribution < -0.4 is 16.4 Å². The lowest BCUT2D eigenvalue weighted by atomic mass is 10.1. The van der Waals surface area contributed by atoms with E-state index in [1.807, 2.05) is 30.5 Å². The molecule has 5 nitrogen and oxygen atoms in total. The largest absolute Gasteiger partial charge is 0.330 e. The molecule has 0 atom stereocenters. The first-order valence-electron chi connectivity index (χ1n) is 7.05. The molecule has 0 bridgehead atoms. The van der Waals surface area contributed by atoms with Gasteiger partial charge in [-0.1, -0.05) is 12.1 Å². The average Bonchev–Trinajstić information content (AvgIpc) is 3.03. The van der Waals surface area contributed by atoms with Gasteiger partial charge >= 0.3 is 0 Å². The molecule has 0 aliphatic rings. The summed E-state index contributed by atoms with van der Waals surface area (Å²) in [5.74, 6) is -0.227. The zero-order chi connectivity index (χ0) is 15.9. The van der Waals surface area contributed by atoms with Gasteiger partial charge in [0.15, 0.2) is 0 Å². The highest BCUT2D eigenvalue weighted by Crippen LogP contribution is 2.21. The van der Waals surface area contributed by atoms with Crippen LogP contribution in [0.15, 0.2) is 35.7 Å². The monoisotopic (exact) mass is 317 g/mol. The molecular weight excluding hydrogens is 298 g/mol. The Kier molecular flexibility index (Phi) is 5.68. The molecule has 0 fully saturated rings. The van der Waals surface area contributed by atoms with Crippen molar-refractivity contribution in [1.82, 2.24) is 0 Å². The number of hydrogen-bond acceptors (Lipinski definition) is 4. The normalized spacial score (nSPS) is 10.3. The van der Waals surface area contributed by atoms with Gasteiger partial charge in [0.25, 0.3) is 5.91 Å². The molecule has 116 valence electrons. The van der Waals surface area contributed by atoms with E-state index in [0.29, 0.717) is 35.6 Å². The predicted octanol–water partition coefficient (Wildman–Crippen LogP) is 2.99. The van der Waals surface area contributed by atoms with E-state index in [0.717, 1.165) is 5.56 Å². The number of carbonyl (C=O) groups is 2. The first kappa shape index (κ1) is 16.2. The van der Waals surface area contributed by atoms with Crippen molar-refractivity contribution in [3.8, 4) is 0 Å². The zero-order valence-electron chi connectivity index (χ0n) is 12.4. The van der Waals surface area contributed by atoms with Crippen LogP contribution in [0, 0.1) is 6.92 Å². The molecule has 1 heterocycles. The number of aryl methyl sites for hydroxylation is 1. The Hall–Kier alpha value is -2.18. The average molecular weight is 317 g/mol. The molecule has 1 aromatic carbocycles. The van der Waals surface area contributed by atoms with E-state index in [1.54, 1.807) is 12.1 Å². The molecule has 0 radical (unpaired) electrons. The fourth-order valence-corrected chi connectivity index (χ4v) is 2.53.